The number of hydrogen-bond donors (Lipinski definition) is 1. The molecule has 1 amide bonds. The Bertz CT molecular complexity index is 663. The maximum atomic E-state index is 12.2. The van der Waals surface area contributed by atoms with Gasteiger partial charge in [0.15, 0.2) is 0 Å². The summed E-state index contributed by atoms with van der Waals surface area (Å²) in [7, 11) is 0. The zero-order valence-corrected chi connectivity index (χ0v) is 11.7. The van der Waals surface area contributed by atoms with Gasteiger partial charge in [0.1, 0.15) is 5.76 Å². The van der Waals surface area contributed by atoms with Gasteiger partial charge in [-0.15, -0.1) is 0 Å². The fourth-order valence-corrected chi connectivity index (χ4v) is 1.76. The summed E-state index contributed by atoms with van der Waals surface area (Å²) < 4.78 is 5.26. The van der Waals surface area contributed by atoms with Crippen molar-refractivity contribution in [2.75, 3.05) is 5.32 Å². The lowest BCUT2D eigenvalue weighted by atomic mass is 10.2. The minimum absolute atomic E-state index is 0.206. The maximum Gasteiger partial charge on any atom is 0.255 e. The van der Waals surface area contributed by atoms with E-state index >= 15 is 0 Å². The zero-order chi connectivity index (χ0) is 14.4. The van der Waals surface area contributed by atoms with Crippen molar-refractivity contribution in [3.8, 4) is 0 Å². The van der Waals surface area contributed by atoms with Crippen LogP contribution in [0.15, 0.2) is 65.3 Å². The second-order valence-corrected chi connectivity index (χ2v) is 4.61. The number of carbonyl (C=O) groups excluding carboxylic acids is 1. The Labute approximate surface area is 122 Å². The summed E-state index contributed by atoms with van der Waals surface area (Å²) in [5, 5.41) is 3.38. The summed E-state index contributed by atoms with van der Waals surface area (Å²) >= 11 is 5.89. The molecule has 1 aromatic carbocycles. The van der Waals surface area contributed by atoms with Crippen LogP contribution in [0.1, 0.15) is 16.1 Å². The van der Waals surface area contributed by atoms with Crippen LogP contribution < -0.4 is 5.32 Å². The van der Waals surface area contributed by atoms with Crippen LogP contribution in [0.4, 0.5) is 5.69 Å². The molecular weight excluding hydrogens is 274 g/mol. The number of aryl methyl sites for hydroxylation is 1. The highest BCUT2D eigenvalue weighted by Gasteiger charge is 2.04. The number of nitrogens with one attached hydrogen (secondary N) is 1. The van der Waals surface area contributed by atoms with E-state index < -0.39 is 0 Å². The first-order chi connectivity index (χ1) is 9.65. The van der Waals surface area contributed by atoms with Gasteiger partial charge in [-0.05, 0) is 49.4 Å². The lowest BCUT2D eigenvalue weighted by molar-refractivity contribution is 0.102. The Balaban J connectivity index is 2.28. The Morgan fingerprint density at radius 3 is 2.75 bits per heavy atom. The summed E-state index contributed by atoms with van der Waals surface area (Å²) in [6.45, 7) is 1.82. The predicted octanol–water partition coefficient (Wildman–Crippen LogP) is 4.62. The molecule has 4 heteroatoms. The van der Waals surface area contributed by atoms with Crippen LogP contribution in [-0.4, -0.2) is 5.91 Å². The van der Waals surface area contributed by atoms with Crippen molar-refractivity contribution in [3.05, 3.63) is 77.2 Å². The third-order valence-corrected chi connectivity index (χ3v) is 2.80. The molecular formula is C16H14ClNO2. The Morgan fingerprint density at radius 1 is 1.10 bits per heavy atom. The smallest absolute Gasteiger partial charge is 0.255 e. The number of anilines is 1. The van der Waals surface area contributed by atoms with Gasteiger partial charge in [-0.1, -0.05) is 23.7 Å². The quantitative estimate of drug-likeness (QED) is 0.876. The first-order valence-electron chi connectivity index (χ1n) is 6.10. The van der Waals surface area contributed by atoms with Crippen LogP contribution in [0.2, 0.25) is 5.02 Å². The summed E-state index contributed by atoms with van der Waals surface area (Å²) in [6.07, 6.45) is 1.56. The standard InChI is InChI=1S/C16H14ClNO2/c1-12-8-9-13(5-2-3-10-20-12)16(19)18-15-7-4-6-14(17)11-15/h2-11H,1H3,(H,18,19). The van der Waals surface area contributed by atoms with Gasteiger partial charge in [0.2, 0.25) is 0 Å². The van der Waals surface area contributed by atoms with Crippen molar-refractivity contribution < 1.29 is 9.21 Å². The fraction of sp³-hybridized carbons (Fsp3) is 0.0625. The number of benzene rings is 1. The topological polar surface area (TPSA) is 42.2 Å². The number of amides is 1. The Morgan fingerprint density at radius 2 is 1.95 bits per heavy atom. The second kappa shape index (κ2) is 6.78. The predicted molar refractivity (Wildman–Crippen MR) is 80.5 cm³/mol. The van der Waals surface area contributed by atoms with E-state index in [4.69, 9.17) is 16.0 Å². The number of hydrogen-bond acceptors (Lipinski definition) is 2. The van der Waals surface area contributed by atoms with E-state index in [0.717, 1.165) is 0 Å². The molecule has 0 saturated carbocycles. The van der Waals surface area contributed by atoms with E-state index in [2.05, 4.69) is 5.32 Å². The molecule has 0 aliphatic heterocycles. The van der Waals surface area contributed by atoms with Gasteiger partial charge in [0, 0.05) is 16.3 Å². The minimum Gasteiger partial charge on any atom is -0.470 e. The highest BCUT2D eigenvalue weighted by molar-refractivity contribution is 6.30. The molecule has 20 heavy (non-hydrogen) atoms. The fourth-order valence-electron chi connectivity index (χ4n) is 1.57. The first kappa shape index (κ1) is 14.2. The van der Waals surface area contributed by atoms with E-state index in [1.54, 1.807) is 60.9 Å². The van der Waals surface area contributed by atoms with E-state index in [1.165, 1.54) is 0 Å². The van der Waals surface area contributed by atoms with Gasteiger partial charge in [0.05, 0.1) is 6.26 Å². The van der Waals surface area contributed by atoms with Crippen LogP contribution in [0.25, 0.3) is 0 Å². The van der Waals surface area contributed by atoms with Crippen molar-refractivity contribution in [2.45, 2.75) is 6.92 Å². The number of carbonyl (C=O) groups is 1. The lowest BCUT2D eigenvalue weighted by Crippen LogP contribution is -2.11. The molecule has 0 atom stereocenters. The van der Waals surface area contributed by atoms with E-state index in [9.17, 15) is 4.79 Å². The Kier molecular flexibility index (Phi) is 4.80. The van der Waals surface area contributed by atoms with Crippen molar-refractivity contribution in [3.63, 3.8) is 0 Å². The molecule has 0 spiro atoms. The molecule has 1 N–H and O–H groups in total. The van der Waals surface area contributed by atoms with Gasteiger partial charge < -0.3 is 9.73 Å². The summed E-state index contributed by atoms with van der Waals surface area (Å²) in [5.41, 5.74) is 1.18. The molecule has 102 valence electrons. The average molecular weight is 288 g/mol. The third-order valence-electron chi connectivity index (χ3n) is 2.56. The Hall–Kier alpha value is -2.26. The highest BCUT2D eigenvalue weighted by Crippen LogP contribution is 2.15. The summed E-state index contributed by atoms with van der Waals surface area (Å²) in [5.74, 6) is 0.501. The molecule has 0 aliphatic carbocycles. The van der Waals surface area contributed by atoms with Crippen molar-refractivity contribution in [1.29, 1.82) is 0 Å². The van der Waals surface area contributed by atoms with Crippen LogP contribution in [-0.2, 0) is 0 Å². The molecule has 0 fully saturated rings. The molecule has 1 heterocycles. The van der Waals surface area contributed by atoms with Crippen LogP contribution in [0.3, 0.4) is 0 Å². The van der Waals surface area contributed by atoms with Gasteiger partial charge in [-0.25, -0.2) is 0 Å². The van der Waals surface area contributed by atoms with Crippen molar-refractivity contribution in [1.82, 2.24) is 0 Å². The average Bonchev–Trinajstić information content (AvgIpc) is 2.51. The van der Waals surface area contributed by atoms with Crippen LogP contribution in [0.5, 0.6) is 0 Å². The SMILES string of the molecule is Cc1ccc(C(=O)Nc2cccc(Cl)c2)cccco1. The van der Waals surface area contributed by atoms with Crippen molar-refractivity contribution in [2.24, 2.45) is 0 Å². The minimum atomic E-state index is -0.206. The molecule has 0 unspecified atom stereocenters. The molecule has 1 aromatic heterocycles. The van der Waals surface area contributed by atoms with Gasteiger partial charge >= 0.3 is 0 Å². The van der Waals surface area contributed by atoms with E-state index in [0.29, 0.717) is 22.0 Å². The van der Waals surface area contributed by atoms with E-state index in [1.807, 2.05) is 6.92 Å². The monoisotopic (exact) mass is 287 g/mol. The number of halogens is 1. The zero-order valence-electron chi connectivity index (χ0n) is 11.0. The van der Waals surface area contributed by atoms with Gasteiger partial charge in [-0.2, -0.15) is 0 Å². The molecule has 0 radical (unpaired) electrons. The van der Waals surface area contributed by atoms with Crippen LogP contribution >= 0.6 is 11.6 Å². The van der Waals surface area contributed by atoms with Gasteiger partial charge in [0.25, 0.3) is 5.91 Å². The summed E-state index contributed by atoms with van der Waals surface area (Å²) in [6, 6.07) is 15.7. The van der Waals surface area contributed by atoms with Crippen molar-refractivity contribution >= 4 is 23.2 Å². The second-order valence-electron chi connectivity index (χ2n) is 4.17. The lowest BCUT2D eigenvalue weighted by Gasteiger charge is -2.04. The molecule has 3 nitrogen and oxygen atoms in total. The van der Waals surface area contributed by atoms with Gasteiger partial charge in [-0.3, -0.25) is 4.79 Å². The largest absolute Gasteiger partial charge is 0.470 e. The molecule has 0 bridgehead atoms. The molecule has 0 saturated heterocycles. The third kappa shape index (κ3) is 4.14. The molecule has 0 aliphatic rings. The highest BCUT2D eigenvalue weighted by atomic mass is 35.5. The normalized spacial score (nSPS) is 9.70. The van der Waals surface area contributed by atoms with Crippen LogP contribution in [0, 0.1) is 6.92 Å². The summed E-state index contributed by atoms with van der Waals surface area (Å²) in [4.78, 5) is 12.2. The number of rotatable bonds is 2. The van der Waals surface area contributed by atoms with E-state index in [-0.39, 0.29) is 5.91 Å². The molecule has 2 aromatic rings. The first-order valence-corrected chi connectivity index (χ1v) is 6.48. The molecule has 2 rings (SSSR count). The maximum absolute atomic E-state index is 12.2.